The summed E-state index contributed by atoms with van der Waals surface area (Å²) in [6.07, 6.45) is 1.82. The van der Waals surface area contributed by atoms with E-state index in [1.807, 2.05) is 6.07 Å². The highest BCUT2D eigenvalue weighted by atomic mass is 16.5. The highest BCUT2D eigenvalue weighted by Crippen LogP contribution is 2.32. The molecule has 3 nitrogen and oxygen atoms in total. The zero-order valence-electron chi connectivity index (χ0n) is 14.4. The standard InChI is InChI=1S/C21H27NO2/c1-17-7-5-6-10-19(17)20(18-8-3-2-4-9-18)22-15-21(16-23)11-13-24-14-12-21/h2-10,20,22-23H,11-16H2,1H3. The quantitative estimate of drug-likeness (QED) is 0.854. The lowest BCUT2D eigenvalue weighted by molar-refractivity contribution is -0.0160. The molecule has 0 amide bonds. The van der Waals surface area contributed by atoms with E-state index >= 15 is 0 Å². The van der Waals surface area contributed by atoms with Crippen molar-refractivity contribution in [3.8, 4) is 0 Å². The molecule has 0 saturated carbocycles. The topological polar surface area (TPSA) is 41.5 Å². The second-order valence-electron chi connectivity index (χ2n) is 6.85. The molecular weight excluding hydrogens is 298 g/mol. The van der Waals surface area contributed by atoms with Crippen molar-refractivity contribution in [1.29, 1.82) is 0 Å². The lowest BCUT2D eigenvalue weighted by atomic mass is 9.80. The van der Waals surface area contributed by atoms with E-state index in [1.54, 1.807) is 0 Å². The lowest BCUT2D eigenvalue weighted by Crippen LogP contribution is -2.43. The molecule has 0 aromatic heterocycles. The van der Waals surface area contributed by atoms with Crippen LogP contribution in [0.5, 0.6) is 0 Å². The average molecular weight is 325 g/mol. The Bertz CT molecular complexity index is 635. The summed E-state index contributed by atoms with van der Waals surface area (Å²) in [6.45, 7) is 4.63. The van der Waals surface area contributed by atoms with Gasteiger partial charge in [-0.2, -0.15) is 0 Å². The minimum atomic E-state index is -0.0754. The van der Waals surface area contributed by atoms with Crippen LogP contribution in [0.15, 0.2) is 54.6 Å². The largest absolute Gasteiger partial charge is 0.396 e. The zero-order valence-corrected chi connectivity index (χ0v) is 14.4. The average Bonchev–Trinajstić information content (AvgIpc) is 2.65. The van der Waals surface area contributed by atoms with E-state index < -0.39 is 0 Å². The van der Waals surface area contributed by atoms with Gasteiger partial charge in [0.25, 0.3) is 0 Å². The van der Waals surface area contributed by atoms with Crippen LogP contribution in [0, 0.1) is 12.3 Å². The van der Waals surface area contributed by atoms with Crippen LogP contribution in [-0.4, -0.2) is 31.5 Å². The molecule has 0 spiro atoms. The highest BCUT2D eigenvalue weighted by molar-refractivity contribution is 5.36. The van der Waals surface area contributed by atoms with Crippen LogP contribution < -0.4 is 5.32 Å². The van der Waals surface area contributed by atoms with E-state index in [-0.39, 0.29) is 18.1 Å². The fraction of sp³-hybridized carbons (Fsp3) is 0.429. The van der Waals surface area contributed by atoms with Gasteiger partial charge in [-0.25, -0.2) is 0 Å². The van der Waals surface area contributed by atoms with Gasteiger partial charge in [-0.3, -0.25) is 0 Å². The van der Waals surface area contributed by atoms with Crippen molar-refractivity contribution in [2.24, 2.45) is 5.41 Å². The molecule has 1 aliphatic rings. The molecule has 1 unspecified atom stereocenters. The summed E-state index contributed by atoms with van der Waals surface area (Å²) in [4.78, 5) is 0. The third-order valence-electron chi connectivity index (χ3n) is 5.20. The lowest BCUT2D eigenvalue weighted by Gasteiger charge is -2.37. The summed E-state index contributed by atoms with van der Waals surface area (Å²) in [5.74, 6) is 0. The second kappa shape index (κ2) is 7.93. The maximum atomic E-state index is 9.95. The van der Waals surface area contributed by atoms with Gasteiger partial charge in [0, 0.05) is 25.2 Å². The molecule has 2 N–H and O–H groups in total. The predicted octanol–water partition coefficient (Wildman–Crippen LogP) is 3.46. The fourth-order valence-corrected chi connectivity index (χ4v) is 3.48. The van der Waals surface area contributed by atoms with E-state index in [2.05, 4.69) is 60.8 Å². The number of benzene rings is 2. The van der Waals surface area contributed by atoms with Gasteiger partial charge in [0.1, 0.15) is 0 Å². The van der Waals surface area contributed by atoms with E-state index in [9.17, 15) is 5.11 Å². The van der Waals surface area contributed by atoms with Crippen molar-refractivity contribution in [2.75, 3.05) is 26.4 Å². The number of ether oxygens (including phenoxy) is 1. The number of aliphatic hydroxyl groups excluding tert-OH is 1. The molecule has 3 rings (SSSR count). The van der Waals surface area contributed by atoms with Crippen molar-refractivity contribution >= 4 is 0 Å². The van der Waals surface area contributed by atoms with Crippen LogP contribution in [0.3, 0.4) is 0 Å². The Morgan fingerprint density at radius 2 is 1.71 bits per heavy atom. The maximum Gasteiger partial charge on any atom is 0.0579 e. The van der Waals surface area contributed by atoms with E-state index in [0.29, 0.717) is 0 Å². The van der Waals surface area contributed by atoms with Gasteiger partial charge in [-0.05, 0) is 36.5 Å². The first-order valence-electron chi connectivity index (χ1n) is 8.77. The smallest absolute Gasteiger partial charge is 0.0579 e. The molecular formula is C21H27NO2. The number of nitrogens with one attached hydrogen (secondary N) is 1. The number of rotatable bonds is 6. The molecule has 24 heavy (non-hydrogen) atoms. The Hall–Kier alpha value is -1.68. The molecule has 0 aliphatic carbocycles. The molecule has 2 aromatic carbocycles. The normalized spacial score (nSPS) is 18.2. The zero-order chi connectivity index (χ0) is 16.8. The summed E-state index contributed by atoms with van der Waals surface area (Å²) in [7, 11) is 0. The molecule has 0 radical (unpaired) electrons. The Morgan fingerprint density at radius 3 is 2.38 bits per heavy atom. The molecule has 1 fully saturated rings. The van der Waals surface area contributed by atoms with Crippen LogP contribution in [0.2, 0.25) is 0 Å². The maximum absolute atomic E-state index is 9.95. The number of hydrogen-bond acceptors (Lipinski definition) is 3. The number of hydrogen-bond donors (Lipinski definition) is 2. The first-order chi connectivity index (χ1) is 11.7. The molecule has 3 heteroatoms. The number of aliphatic hydroxyl groups is 1. The summed E-state index contributed by atoms with van der Waals surface area (Å²) in [5.41, 5.74) is 3.76. The highest BCUT2D eigenvalue weighted by Gasteiger charge is 2.32. The van der Waals surface area contributed by atoms with Crippen LogP contribution in [0.1, 0.15) is 35.6 Å². The predicted molar refractivity (Wildman–Crippen MR) is 97.0 cm³/mol. The molecule has 2 aromatic rings. The van der Waals surface area contributed by atoms with Crippen LogP contribution >= 0.6 is 0 Å². The van der Waals surface area contributed by atoms with Gasteiger partial charge in [-0.15, -0.1) is 0 Å². The van der Waals surface area contributed by atoms with Crippen LogP contribution in [0.25, 0.3) is 0 Å². The molecule has 128 valence electrons. The van der Waals surface area contributed by atoms with Crippen molar-refractivity contribution < 1.29 is 9.84 Å². The van der Waals surface area contributed by atoms with E-state index in [0.717, 1.165) is 32.6 Å². The Labute approximate surface area is 144 Å². The van der Waals surface area contributed by atoms with Crippen LogP contribution in [0.4, 0.5) is 0 Å². The van der Waals surface area contributed by atoms with Gasteiger partial charge >= 0.3 is 0 Å². The Kier molecular flexibility index (Phi) is 5.67. The van der Waals surface area contributed by atoms with Gasteiger partial charge < -0.3 is 15.2 Å². The fourth-order valence-electron chi connectivity index (χ4n) is 3.48. The summed E-state index contributed by atoms with van der Waals surface area (Å²) < 4.78 is 5.48. The van der Waals surface area contributed by atoms with Crippen molar-refractivity contribution in [3.05, 3.63) is 71.3 Å². The SMILES string of the molecule is Cc1ccccc1C(NCC1(CO)CCOCC1)c1ccccc1. The summed E-state index contributed by atoms with van der Waals surface area (Å²) in [5, 5.41) is 13.7. The van der Waals surface area contributed by atoms with Gasteiger partial charge in [-0.1, -0.05) is 54.6 Å². The van der Waals surface area contributed by atoms with Crippen molar-refractivity contribution in [2.45, 2.75) is 25.8 Å². The Morgan fingerprint density at radius 1 is 1.04 bits per heavy atom. The van der Waals surface area contributed by atoms with E-state index in [4.69, 9.17) is 4.74 Å². The summed E-state index contributed by atoms with van der Waals surface area (Å²) >= 11 is 0. The molecule has 1 aliphatic heterocycles. The Balaban J connectivity index is 1.84. The first-order valence-corrected chi connectivity index (χ1v) is 8.77. The third-order valence-corrected chi connectivity index (χ3v) is 5.20. The molecule has 1 atom stereocenters. The van der Waals surface area contributed by atoms with Gasteiger partial charge in [0.2, 0.25) is 0 Å². The van der Waals surface area contributed by atoms with E-state index in [1.165, 1.54) is 16.7 Å². The minimum absolute atomic E-state index is 0.0754. The molecule has 1 heterocycles. The van der Waals surface area contributed by atoms with Gasteiger partial charge in [0.05, 0.1) is 12.6 Å². The van der Waals surface area contributed by atoms with Crippen LogP contribution in [-0.2, 0) is 4.74 Å². The molecule has 0 bridgehead atoms. The summed E-state index contributed by atoms with van der Waals surface area (Å²) in [6, 6.07) is 19.2. The number of aryl methyl sites for hydroxylation is 1. The molecule has 1 saturated heterocycles. The third kappa shape index (κ3) is 3.86. The minimum Gasteiger partial charge on any atom is -0.396 e. The second-order valence-corrected chi connectivity index (χ2v) is 6.85. The monoisotopic (exact) mass is 325 g/mol. The van der Waals surface area contributed by atoms with Crippen molar-refractivity contribution in [1.82, 2.24) is 5.32 Å². The van der Waals surface area contributed by atoms with Gasteiger partial charge in [0.15, 0.2) is 0 Å². The van der Waals surface area contributed by atoms with Crippen molar-refractivity contribution in [3.63, 3.8) is 0 Å². The first kappa shape index (κ1) is 17.2.